The van der Waals surface area contributed by atoms with Crippen molar-refractivity contribution in [3.63, 3.8) is 0 Å². The summed E-state index contributed by atoms with van der Waals surface area (Å²) in [4.78, 5) is 10.9. The van der Waals surface area contributed by atoms with E-state index in [1.54, 1.807) is 6.92 Å². The standard InChI is InChI=1S/C9H15NO/c1-3-5-6-9(11)8-10-7-4-2/h10H,4,6-8H2,1-2H3. The topological polar surface area (TPSA) is 29.1 Å². The highest BCUT2D eigenvalue weighted by molar-refractivity contribution is 5.82. The molecule has 0 spiro atoms. The molecule has 0 heterocycles. The summed E-state index contributed by atoms with van der Waals surface area (Å²) in [5.74, 6) is 5.60. The third-order valence-corrected chi connectivity index (χ3v) is 1.21. The van der Waals surface area contributed by atoms with Crippen molar-refractivity contribution >= 4 is 5.78 Å². The fourth-order valence-electron chi connectivity index (χ4n) is 0.654. The molecule has 0 fully saturated rings. The lowest BCUT2D eigenvalue weighted by Gasteiger charge is -1.97. The van der Waals surface area contributed by atoms with Crippen molar-refractivity contribution in [3.8, 4) is 11.8 Å². The highest BCUT2D eigenvalue weighted by Gasteiger charge is 1.95. The fourth-order valence-corrected chi connectivity index (χ4v) is 0.654. The van der Waals surface area contributed by atoms with Crippen LogP contribution in [-0.4, -0.2) is 18.9 Å². The molecule has 0 aromatic rings. The minimum absolute atomic E-state index is 0.174. The van der Waals surface area contributed by atoms with Crippen LogP contribution in [-0.2, 0) is 4.79 Å². The summed E-state index contributed by atoms with van der Waals surface area (Å²) in [7, 11) is 0. The van der Waals surface area contributed by atoms with Crippen molar-refractivity contribution in [1.82, 2.24) is 5.32 Å². The summed E-state index contributed by atoms with van der Waals surface area (Å²) in [6.07, 6.45) is 1.44. The molecule has 0 bridgehead atoms. The van der Waals surface area contributed by atoms with Crippen LogP contribution in [0.4, 0.5) is 0 Å². The number of ketones is 1. The molecule has 2 nitrogen and oxygen atoms in total. The number of nitrogens with one attached hydrogen (secondary N) is 1. The summed E-state index contributed by atoms with van der Waals surface area (Å²) >= 11 is 0. The van der Waals surface area contributed by atoms with Crippen LogP contribution in [0, 0.1) is 11.8 Å². The molecule has 0 radical (unpaired) electrons. The largest absolute Gasteiger partial charge is 0.310 e. The number of carbonyl (C=O) groups is 1. The smallest absolute Gasteiger partial charge is 0.158 e. The van der Waals surface area contributed by atoms with Gasteiger partial charge in [-0.2, -0.15) is 0 Å². The lowest BCUT2D eigenvalue weighted by molar-refractivity contribution is -0.117. The van der Waals surface area contributed by atoms with Gasteiger partial charge in [0.1, 0.15) is 0 Å². The second-order valence-corrected chi connectivity index (χ2v) is 2.32. The zero-order chi connectivity index (χ0) is 8.53. The molecule has 1 N–H and O–H groups in total. The SMILES string of the molecule is CC#CCC(=O)CNCCC. The normalized spacial score (nSPS) is 8.55. The van der Waals surface area contributed by atoms with Crippen LogP contribution in [0.3, 0.4) is 0 Å². The molecule has 0 rings (SSSR count). The number of carbonyl (C=O) groups excluding carboxylic acids is 1. The summed E-state index contributed by atoms with van der Waals surface area (Å²) in [5.41, 5.74) is 0. The van der Waals surface area contributed by atoms with E-state index < -0.39 is 0 Å². The quantitative estimate of drug-likeness (QED) is 0.471. The number of hydrogen-bond donors (Lipinski definition) is 1. The average molecular weight is 153 g/mol. The molecule has 0 aromatic heterocycles. The molecule has 0 aliphatic heterocycles. The van der Waals surface area contributed by atoms with Crippen molar-refractivity contribution in [2.45, 2.75) is 26.7 Å². The van der Waals surface area contributed by atoms with Crippen LogP contribution in [0.2, 0.25) is 0 Å². The third-order valence-electron chi connectivity index (χ3n) is 1.21. The van der Waals surface area contributed by atoms with E-state index in [-0.39, 0.29) is 5.78 Å². The highest BCUT2D eigenvalue weighted by atomic mass is 16.1. The summed E-state index contributed by atoms with van der Waals surface area (Å²) < 4.78 is 0. The monoisotopic (exact) mass is 153 g/mol. The lowest BCUT2D eigenvalue weighted by atomic mass is 10.3. The van der Waals surface area contributed by atoms with E-state index in [0.29, 0.717) is 13.0 Å². The Kier molecular flexibility index (Phi) is 6.76. The molecule has 62 valence electrons. The Hall–Kier alpha value is -0.810. The van der Waals surface area contributed by atoms with Crippen LogP contribution in [0.25, 0.3) is 0 Å². The molecular formula is C9H15NO. The molecular weight excluding hydrogens is 138 g/mol. The Morgan fingerprint density at radius 3 is 2.82 bits per heavy atom. The van der Waals surface area contributed by atoms with Crippen LogP contribution in [0.1, 0.15) is 26.7 Å². The van der Waals surface area contributed by atoms with Crippen LogP contribution in [0.5, 0.6) is 0 Å². The van der Waals surface area contributed by atoms with Crippen LogP contribution in [0.15, 0.2) is 0 Å². The van der Waals surface area contributed by atoms with E-state index in [0.717, 1.165) is 13.0 Å². The van der Waals surface area contributed by atoms with Crippen LogP contribution >= 0.6 is 0 Å². The van der Waals surface area contributed by atoms with Crippen molar-refractivity contribution in [2.24, 2.45) is 0 Å². The zero-order valence-electron chi connectivity index (χ0n) is 7.24. The Morgan fingerprint density at radius 1 is 1.55 bits per heavy atom. The van der Waals surface area contributed by atoms with Crippen molar-refractivity contribution in [2.75, 3.05) is 13.1 Å². The van der Waals surface area contributed by atoms with Gasteiger partial charge in [0.25, 0.3) is 0 Å². The zero-order valence-corrected chi connectivity index (χ0v) is 7.24. The van der Waals surface area contributed by atoms with E-state index in [1.807, 2.05) is 0 Å². The average Bonchev–Trinajstić information content (AvgIpc) is 2.01. The molecule has 0 unspecified atom stereocenters. The van der Waals surface area contributed by atoms with Gasteiger partial charge in [-0.1, -0.05) is 12.8 Å². The van der Waals surface area contributed by atoms with E-state index in [2.05, 4.69) is 24.1 Å². The van der Waals surface area contributed by atoms with E-state index in [9.17, 15) is 4.79 Å². The third kappa shape index (κ3) is 7.08. The van der Waals surface area contributed by atoms with Gasteiger partial charge in [-0.25, -0.2) is 0 Å². The van der Waals surface area contributed by atoms with E-state index in [1.165, 1.54) is 0 Å². The molecule has 0 saturated carbocycles. The van der Waals surface area contributed by atoms with Gasteiger partial charge in [-0.15, -0.1) is 5.92 Å². The first-order valence-corrected chi connectivity index (χ1v) is 3.93. The first kappa shape index (κ1) is 10.2. The summed E-state index contributed by atoms with van der Waals surface area (Å²) in [6, 6.07) is 0. The molecule has 0 atom stereocenters. The van der Waals surface area contributed by atoms with E-state index in [4.69, 9.17) is 0 Å². The molecule has 11 heavy (non-hydrogen) atoms. The Labute approximate surface area is 68.4 Å². The first-order chi connectivity index (χ1) is 5.31. The predicted octanol–water partition coefficient (Wildman–Crippen LogP) is 0.968. The molecule has 0 aromatic carbocycles. The first-order valence-electron chi connectivity index (χ1n) is 3.93. The highest BCUT2D eigenvalue weighted by Crippen LogP contribution is 1.79. The van der Waals surface area contributed by atoms with Gasteiger partial charge in [0, 0.05) is 0 Å². The lowest BCUT2D eigenvalue weighted by Crippen LogP contribution is -2.23. The number of Topliss-reactive ketones (excluding diaryl/α,β-unsaturated/α-hetero) is 1. The molecule has 0 amide bonds. The fraction of sp³-hybridized carbons (Fsp3) is 0.667. The van der Waals surface area contributed by atoms with Gasteiger partial charge in [0.2, 0.25) is 0 Å². The second kappa shape index (κ2) is 7.30. The Bertz CT molecular complexity index is 164. The second-order valence-electron chi connectivity index (χ2n) is 2.32. The van der Waals surface area contributed by atoms with Gasteiger partial charge in [0.05, 0.1) is 13.0 Å². The van der Waals surface area contributed by atoms with Gasteiger partial charge in [-0.05, 0) is 19.9 Å². The van der Waals surface area contributed by atoms with Crippen molar-refractivity contribution in [1.29, 1.82) is 0 Å². The maximum absolute atomic E-state index is 10.9. The van der Waals surface area contributed by atoms with Gasteiger partial charge in [-0.3, -0.25) is 4.79 Å². The van der Waals surface area contributed by atoms with Crippen molar-refractivity contribution < 1.29 is 4.79 Å². The van der Waals surface area contributed by atoms with E-state index >= 15 is 0 Å². The molecule has 2 heteroatoms. The Balaban J connectivity index is 3.27. The van der Waals surface area contributed by atoms with Gasteiger partial charge < -0.3 is 5.32 Å². The predicted molar refractivity (Wildman–Crippen MR) is 46.2 cm³/mol. The number of rotatable bonds is 5. The Morgan fingerprint density at radius 2 is 2.27 bits per heavy atom. The van der Waals surface area contributed by atoms with Gasteiger partial charge >= 0.3 is 0 Å². The van der Waals surface area contributed by atoms with Crippen molar-refractivity contribution in [3.05, 3.63) is 0 Å². The minimum atomic E-state index is 0.174. The maximum atomic E-state index is 10.9. The molecule has 0 aliphatic rings. The minimum Gasteiger partial charge on any atom is -0.310 e. The molecule has 0 aliphatic carbocycles. The van der Waals surface area contributed by atoms with Crippen LogP contribution < -0.4 is 5.32 Å². The maximum Gasteiger partial charge on any atom is 0.158 e. The molecule has 0 saturated heterocycles. The van der Waals surface area contributed by atoms with Gasteiger partial charge in [0.15, 0.2) is 5.78 Å². The summed E-state index contributed by atoms with van der Waals surface area (Å²) in [6.45, 7) is 5.18. The summed E-state index contributed by atoms with van der Waals surface area (Å²) in [5, 5.41) is 3.03. The number of hydrogen-bond acceptors (Lipinski definition) is 2.